The van der Waals surface area contributed by atoms with Crippen LogP contribution in [0.3, 0.4) is 0 Å². The van der Waals surface area contributed by atoms with E-state index < -0.39 is 0 Å². The molecule has 2 unspecified atom stereocenters. The summed E-state index contributed by atoms with van der Waals surface area (Å²) in [5.74, 6) is 1.95. The molecule has 0 radical (unpaired) electrons. The molecular weight excluding hydrogens is 194 g/mol. The van der Waals surface area contributed by atoms with Crippen LogP contribution in [0.4, 0.5) is 0 Å². The fourth-order valence-electron chi connectivity index (χ4n) is 2.62. The van der Waals surface area contributed by atoms with Crippen LogP contribution in [0.15, 0.2) is 0 Å². The predicted molar refractivity (Wildman–Crippen MR) is 72.7 cm³/mol. The number of nitrogens with one attached hydrogen (secondary N) is 1. The van der Waals surface area contributed by atoms with Crippen molar-refractivity contribution in [3.8, 4) is 0 Å². The molecule has 0 aromatic heterocycles. The number of hydrogen-bond donors (Lipinski definition) is 1. The van der Waals surface area contributed by atoms with Gasteiger partial charge in [-0.15, -0.1) is 0 Å². The molecule has 0 saturated heterocycles. The Kier molecular flexibility index (Phi) is 7.11. The SMILES string of the molecule is CCCCC(CC)CNC(C)CC1CCC1. The van der Waals surface area contributed by atoms with Gasteiger partial charge < -0.3 is 5.32 Å². The van der Waals surface area contributed by atoms with Gasteiger partial charge in [0.05, 0.1) is 0 Å². The van der Waals surface area contributed by atoms with E-state index in [2.05, 4.69) is 26.1 Å². The van der Waals surface area contributed by atoms with Crippen LogP contribution in [0.2, 0.25) is 0 Å². The topological polar surface area (TPSA) is 12.0 Å². The lowest BCUT2D eigenvalue weighted by Gasteiger charge is -2.29. The second-order valence-electron chi connectivity index (χ2n) is 5.76. The lowest BCUT2D eigenvalue weighted by molar-refractivity contribution is 0.259. The molecule has 16 heavy (non-hydrogen) atoms. The van der Waals surface area contributed by atoms with Crippen LogP contribution < -0.4 is 5.32 Å². The van der Waals surface area contributed by atoms with Crippen LogP contribution in [0, 0.1) is 11.8 Å². The van der Waals surface area contributed by atoms with Crippen molar-refractivity contribution >= 4 is 0 Å². The van der Waals surface area contributed by atoms with E-state index in [4.69, 9.17) is 0 Å². The fraction of sp³-hybridized carbons (Fsp3) is 1.00. The Morgan fingerprint density at radius 3 is 2.50 bits per heavy atom. The highest BCUT2D eigenvalue weighted by Gasteiger charge is 2.19. The van der Waals surface area contributed by atoms with Crippen molar-refractivity contribution in [1.29, 1.82) is 0 Å². The molecule has 0 spiro atoms. The maximum atomic E-state index is 3.74. The second-order valence-corrected chi connectivity index (χ2v) is 5.76. The van der Waals surface area contributed by atoms with Crippen molar-refractivity contribution in [3.63, 3.8) is 0 Å². The van der Waals surface area contributed by atoms with E-state index >= 15 is 0 Å². The van der Waals surface area contributed by atoms with E-state index in [1.54, 1.807) is 0 Å². The standard InChI is InChI=1S/C15H31N/c1-4-6-8-14(5-2)12-16-13(3)11-15-9-7-10-15/h13-16H,4-12H2,1-3H3. The van der Waals surface area contributed by atoms with Crippen molar-refractivity contribution in [3.05, 3.63) is 0 Å². The molecule has 1 aliphatic rings. The van der Waals surface area contributed by atoms with Gasteiger partial charge in [0.15, 0.2) is 0 Å². The molecule has 0 aromatic carbocycles. The Hall–Kier alpha value is -0.0400. The van der Waals surface area contributed by atoms with Gasteiger partial charge in [-0.05, 0) is 38.1 Å². The number of rotatable bonds is 9. The van der Waals surface area contributed by atoms with E-state index in [1.165, 1.54) is 57.9 Å². The second kappa shape index (κ2) is 8.11. The zero-order valence-electron chi connectivity index (χ0n) is 11.6. The molecule has 0 heterocycles. The van der Waals surface area contributed by atoms with Crippen LogP contribution >= 0.6 is 0 Å². The molecule has 1 heteroatoms. The molecule has 1 aliphatic carbocycles. The summed E-state index contributed by atoms with van der Waals surface area (Å²) in [4.78, 5) is 0. The summed E-state index contributed by atoms with van der Waals surface area (Å²) in [6.07, 6.45) is 11.3. The monoisotopic (exact) mass is 225 g/mol. The molecule has 1 saturated carbocycles. The summed E-state index contributed by atoms with van der Waals surface area (Å²) in [7, 11) is 0. The highest BCUT2D eigenvalue weighted by molar-refractivity contribution is 4.75. The first-order valence-electron chi connectivity index (χ1n) is 7.49. The minimum atomic E-state index is 0.737. The van der Waals surface area contributed by atoms with Crippen molar-refractivity contribution in [1.82, 2.24) is 5.32 Å². The maximum Gasteiger partial charge on any atom is 0.00414 e. The highest BCUT2D eigenvalue weighted by atomic mass is 14.9. The Labute approximate surface area is 102 Å². The third-order valence-electron chi connectivity index (χ3n) is 4.21. The summed E-state index contributed by atoms with van der Waals surface area (Å²) < 4.78 is 0. The zero-order valence-corrected chi connectivity index (χ0v) is 11.6. The van der Waals surface area contributed by atoms with Crippen LogP contribution in [0.1, 0.15) is 72.1 Å². The lowest BCUT2D eigenvalue weighted by Crippen LogP contribution is -2.33. The average Bonchev–Trinajstić information content (AvgIpc) is 2.24. The Morgan fingerprint density at radius 1 is 1.25 bits per heavy atom. The van der Waals surface area contributed by atoms with Gasteiger partial charge in [0.1, 0.15) is 0 Å². The summed E-state index contributed by atoms with van der Waals surface area (Å²) in [5.41, 5.74) is 0. The van der Waals surface area contributed by atoms with Crippen molar-refractivity contribution < 1.29 is 0 Å². The van der Waals surface area contributed by atoms with Gasteiger partial charge >= 0.3 is 0 Å². The molecule has 0 amide bonds. The van der Waals surface area contributed by atoms with Crippen molar-refractivity contribution in [2.24, 2.45) is 11.8 Å². The van der Waals surface area contributed by atoms with E-state index in [0.717, 1.165) is 17.9 Å². The van der Waals surface area contributed by atoms with Crippen LogP contribution in [0.5, 0.6) is 0 Å². The molecule has 1 fully saturated rings. The first kappa shape index (κ1) is 14.0. The van der Waals surface area contributed by atoms with Crippen molar-refractivity contribution in [2.75, 3.05) is 6.54 Å². The van der Waals surface area contributed by atoms with Gasteiger partial charge in [-0.1, -0.05) is 52.4 Å². The first-order chi connectivity index (χ1) is 7.76. The quantitative estimate of drug-likeness (QED) is 0.614. The summed E-state index contributed by atoms with van der Waals surface area (Å²) in [6.45, 7) is 8.23. The van der Waals surface area contributed by atoms with Gasteiger partial charge in [-0.3, -0.25) is 0 Å². The molecule has 2 atom stereocenters. The molecule has 1 nitrogen and oxygen atoms in total. The maximum absolute atomic E-state index is 3.74. The summed E-state index contributed by atoms with van der Waals surface area (Å²) in [5, 5.41) is 3.74. The van der Waals surface area contributed by atoms with Crippen LogP contribution in [-0.4, -0.2) is 12.6 Å². The lowest BCUT2D eigenvalue weighted by atomic mass is 9.81. The molecule has 0 aromatic rings. The third-order valence-corrected chi connectivity index (χ3v) is 4.21. The van der Waals surface area contributed by atoms with Gasteiger partial charge in [0, 0.05) is 6.04 Å². The van der Waals surface area contributed by atoms with Gasteiger partial charge in [-0.25, -0.2) is 0 Å². The van der Waals surface area contributed by atoms with E-state index in [1.807, 2.05) is 0 Å². The molecular formula is C15H31N. The van der Waals surface area contributed by atoms with Crippen LogP contribution in [-0.2, 0) is 0 Å². The number of unbranched alkanes of at least 4 members (excludes halogenated alkanes) is 1. The Morgan fingerprint density at radius 2 is 2.00 bits per heavy atom. The largest absolute Gasteiger partial charge is 0.314 e. The minimum absolute atomic E-state index is 0.737. The van der Waals surface area contributed by atoms with Crippen LogP contribution in [0.25, 0.3) is 0 Å². The van der Waals surface area contributed by atoms with E-state index in [0.29, 0.717) is 0 Å². The summed E-state index contributed by atoms with van der Waals surface area (Å²) >= 11 is 0. The van der Waals surface area contributed by atoms with E-state index in [9.17, 15) is 0 Å². The minimum Gasteiger partial charge on any atom is -0.314 e. The first-order valence-corrected chi connectivity index (χ1v) is 7.49. The smallest absolute Gasteiger partial charge is 0.00414 e. The van der Waals surface area contributed by atoms with Gasteiger partial charge in [-0.2, -0.15) is 0 Å². The normalized spacial score (nSPS) is 20.4. The molecule has 1 N–H and O–H groups in total. The van der Waals surface area contributed by atoms with Gasteiger partial charge in [0.25, 0.3) is 0 Å². The molecule has 96 valence electrons. The third kappa shape index (κ3) is 5.34. The fourth-order valence-corrected chi connectivity index (χ4v) is 2.62. The van der Waals surface area contributed by atoms with Gasteiger partial charge in [0.2, 0.25) is 0 Å². The molecule has 0 bridgehead atoms. The Bertz CT molecular complexity index is 163. The molecule has 0 aliphatic heterocycles. The Balaban J connectivity index is 2.05. The predicted octanol–water partition coefficient (Wildman–Crippen LogP) is 4.37. The molecule has 1 rings (SSSR count). The highest BCUT2D eigenvalue weighted by Crippen LogP contribution is 2.30. The number of hydrogen-bond acceptors (Lipinski definition) is 1. The summed E-state index contributed by atoms with van der Waals surface area (Å²) in [6, 6.07) is 0.737. The average molecular weight is 225 g/mol. The van der Waals surface area contributed by atoms with E-state index in [-0.39, 0.29) is 0 Å². The zero-order chi connectivity index (χ0) is 11.8. The van der Waals surface area contributed by atoms with Crippen molar-refractivity contribution in [2.45, 2.75) is 78.2 Å².